The van der Waals surface area contributed by atoms with Crippen molar-refractivity contribution in [3.63, 3.8) is 0 Å². The molecule has 0 saturated heterocycles. The normalized spacial score (nSPS) is 13.5. The van der Waals surface area contributed by atoms with Crippen molar-refractivity contribution in [1.82, 2.24) is 10.6 Å². The molecule has 34 heavy (non-hydrogen) atoms. The molecule has 0 atom stereocenters. The molecule has 0 spiro atoms. The third-order valence-electron chi connectivity index (χ3n) is 5.07. The van der Waals surface area contributed by atoms with Crippen LogP contribution in [-0.4, -0.2) is 44.3 Å². The second kappa shape index (κ2) is 9.75. The van der Waals surface area contributed by atoms with Crippen molar-refractivity contribution in [2.45, 2.75) is 11.3 Å². The van der Waals surface area contributed by atoms with E-state index in [0.717, 1.165) is 0 Å². The highest BCUT2D eigenvalue weighted by Gasteiger charge is 2.28. The number of sulfonamides is 1. The maximum Gasteiger partial charge on any atom is 0.285 e. The van der Waals surface area contributed by atoms with Crippen LogP contribution in [0.2, 0.25) is 0 Å². The number of carbonyl (C=O) groups excluding carboxylic acids is 2. The zero-order valence-corrected chi connectivity index (χ0v) is 18.8. The van der Waals surface area contributed by atoms with Gasteiger partial charge in [0, 0.05) is 35.5 Å². The molecule has 0 aliphatic carbocycles. The van der Waals surface area contributed by atoms with E-state index in [1.165, 1.54) is 18.2 Å². The van der Waals surface area contributed by atoms with Gasteiger partial charge in [-0.1, -0.05) is 18.2 Å². The number of fused-ring (bicyclic) bond motifs is 1. The Morgan fingerprint density at radius 3 is 2.21 bits per heavy atom. The topological polar surface area (TPSA) is 137 Å². The van der Waals surface area contributed by atoms with E-state index >= 15 is 0 Å². The quantitative estimate of drug-likeness (QED) is 0.385. The number of amidine groups is 1. The maximum absolute atomic E-state index is 12.4. The van der Waals surface area contributed by atoms with Crippen molar-refractivity contribution in [3.8, 4) is 5.75 Å². The lowest BCUT2D eigenvalue weighted by Crippen LogP contribution is -2.29. The smallest absolute Gasteiger partial charge is 0.285 e. The fourth-order valence-corrected chi connectivity index (χ4v) is 4.56. The molecule has 0 aromatic heterocycles. The zero-order chi connectivity index (χ0) is 24.1. The average molecular weight is 479 g/mol. The van der Waals surface area contributed by atoms with Crippen molar-refractivity contribution in [2.75, 3.05) is 18.4 Å². The number of nitrogens with one attached hydrogen (secondary N) is 3. The van der Waals surface area contributed by atoms with E-state index in [-0.39, 0.29) is 28.3 Å². The van der Waals surface area contributed by atoms with Crippen LogP contribution in [0.3, 0.4) is 0 Å². The Hall–Kier alpha value is -4.18. The lowest BCUT2D eigenvalue weighted by Gasteiger charge is -2.09. The molecule has 0 fully saturated rings. The zero-order valence-electron chi connectivity index (χ0n) is 18.0. The Bertz CT molecular complexity index is 1370. The molecule has 0 bridgehead atoms. The standard InChI is InChI=1S/C24H22N4O5S/c29-19-6-3-5-17(15-19)24(31)26-14-4-13-25-23(30)16-9-11-18(12-10-16)27-22-20-7-1-2-8-21(20)34(32,33)28-22/h1-3,5-12,15,29H,4,13-14H2,(H,25,30)(H,26,31)(H,27,28). The lowest BCUT2D eigenvalue weighted by atomic mass is 10.1. The van der Waals surface area contributed by atoms with Crippen LogP contribution in [0.1, 0.15) is 32.7 Å². The van der Waals surface area contributed by atoms with Gasteiger partial charge in [0.05, 0.1) is 0 Å². The molecule has 0 radical (unpaired) electrons. The van der Waals surface area contributed by atoms with E-state index in [2.05, 4.69) is 20.3 Å². The molecule has 3 aromatic rings. The van der Waals surface area contributed by atoms with E-state index in [9.17, 15) is 23.1 Å². The summed E-state index contributed by atoms with van der Waals surface area (Å²) in [6.07, 6.45) is 0.531. The Morgan fingerprint density at radius 2 is 1.50 bits per heavy atom. The molecule has 1 aliphatic rings. The molecule has 0 saturated carbocycles. The molecular weight excluding hydrogens is 456 g/mol. The monoisotopic (exact) mass is 478 g/mol. The Kier molecular flexibility index (Phi) is 6.60. The average Bonchev–Trinajstić information content (AvgIpc) is 3.09. The van der Waals surface area contributed by atoms with E-state index in [1.807, 2.05) is 0 Å². The number of phenolic OH excluding ortho intramolecular Hbond substituents is 1. The van der Waals surface area contributed by atoms with Crippen LogP contribution in [0.25, 0.3) is 0 Å². The molecule has 2 amide bonds. The Labute approximate surface area is 196 Å². The third-order valence-corrected chi connectivity index (χ3v) is 6.41. The first kappa shape index (κ1) is 23.0. The summed E-state index contributed by atoms with van der Waals surface area (Å²) in [4.78, 5) is 24.5. The third kappa shape index (κ3) is 5.24. The summed E-state index contributed by atoms with van der Waals surface area (Å²) in [7, 11) is -3.71. The predicted octanol–water partition coefficient (Wildman–Crippen LogP) is 2.50. The maximum atomic E-state index is 12.4. The van der Waals surface area contributed by atoms with E-state index in [0.29, 0.717) is 41.9 Å². The van der Waals surface area contributed by atoms with E-state index in [1.54, 1.807) is 54.6 Å². The summed E-state index contributed by atoms with van der Waals surface area (Å²) in [5.41, 5.74) is 1.90. The Morgan fingerprint density at radius 1 is 0.824 bits per heavy atom. The summed E-state index contributed by atoms with van der Waals surface area (Å²) in [5.74, 6) is -0.308. The molecule has 4 rings (SSSR count). The van der Waals surface area contributed by atoms with Crippen LogP contribution in [0, 0.1) is 0 Å². The highest BCUT2D eigenvalue weighted by atomic mass is 32.2. The second-order valence-electron chi connectivity index (χ2n) is 7.53. The first-order chi connectivity index (χ1) is 16.3. The number of hydrogen-bond acceptors (Lipinski definition) is 6. The van der Waals surface area contributed by atoms with Crippen LogP contribution < -0.4 is 16.0 Å². The van der Waals surface area contributed by atoms with Gasteiger partial charge in [-0.15, -0.1) is 4.40 Å². The van der Waals surface area contributed by atoms with Gasteiger partial charge in [-0.2, -0.15) is 8.42 Å². The molecule has 9 nitrogen and oxygen atoms in total. The van der Waals surface area contributed by atoms with Gasteiger partial charge < -0.3 is 21.1 Å². The highest BCUT2D eigenvalue weighted by molar-refractivity contribution is 7.90. The van der Waals surface area contributed by atoms with Crippen molar-refractivity contribution in [1.29, 1.82) is 0 Å². The van der Waals surface area contributed by atoms with E-state index < -0.39 is 10.0 Å². The van der Waals surface area contributed by atoms with Crippen molar-refractivity contribution < 1.29 is 23.1 Å². The highest BCUT2D eigenvalue weighted by Crippen LogP contribution is 2.26. The summed E-state index contributed by atoms with van der Waals surface area (Å²) in [6, 6.07) is 19.2. The summed E-state index contributed by atoms with van der Waals surface area (Å²) < 4.78 is 28.1. The van der Waals surface area contributed by atoms with Gasteiger partial charge >= 0.3 is 0 Å². The number of amides is 2. The fraction of sp³-hybridized carbons (Fsp3) is 0.125. The summed E-state index contributed by atoms with van der Waals surface area (Å²) in [6.45, 7) is 0.731. The largest absolute Gasteiger partial charge is 0.508 e. The predicted molar refractivity (Wildman–Crippen MR) is 128 cm³/mol. The molecule has 1 aliphatic heterocycles. The van der Waals surface area contributed by atoms with Gasteiger partial charge in [-0.05, 0) is 61.0 Å². The minimum absolute atomic E-state index is 0.0206. The Balaban J connectivity index is 1.25. The van der Waals surface area contributed by atoms with Crippen LogP contribution in [0.15, 0.2) is 82.1 Å². The number of rotatable bonds is 7. The molecular formula is C24H22N4O5S. The molecule has 174 valence electrons. The second-order valence-corrected chi connectivity index (χ2v) is 9.10. The SMILES string of the molecule is O=C(NCCCNC(=O)c1cccc(O)c1)c1ccc(NC2=NS(=O)(=O)c3ccccc32)cc1. The number of anilines is 1. The van der Waals surface area contributed by atoms with Gasteiger partial charge in [-0.25, -0.2) is 0 Å². The molecule has 10 heteroatoms. The van der Waals surface area contributed by atoms with Gasteiger partial charge in [0.2, 0.25) is 0 Å². The van der Waals surface area contributed by atoms with Crippen LogP contribution in [-0.2, 0) is 10.0 Å². The van der Waals surface area contributed by atoms with E-state index in [4.69, 9.17) is 0 Å². The van der Waals surface area contributed by atoms with Gasteiger partial charge in [0.25, 0.3) is 21.8 Å². The van der Waals surface area contributed by atoms with Gasteiger partial charge in [0.15, 0.2) is 5.84 Å². The first-order valence-electron chi connectivity index (χ1n) is 10.5. The summed E-state index contributed by atoms with van der Waals surface area (Å²) in [5, 5.41) is 17.9. The van der Waals surface area contributed by atoms with Gasteiger partial charge in [0.1, 0.15) is 10.6 Å². The number of nitrogens with zero attached hydrogens (tertiary/aromatic N) is 1. The number of aromatic hydroxyl groups is 1. The fourth-order valence-electron chi connectivity index (χ4n) is 3.38. The molecule has 3 aromatic carbocycles. The number of benzene rings is 3. The van der Waals surface area contributed by atoms with Gasteiger partial charge in [-0.3, -0.25) is 9.59 Å². The van der Waals surface area contributed by atoms with Crippen LogP contribution in [0.4, 0.5) is 5.69 Å². The van der Waals surface area contributed by atoms with Crippen molar-refractivity contribution in [2.24, 2.45) is 4.40 Å². The molecule has 4 N–H and O–H groups in total. The minimum Gasteiger partial charge on any atom is -0.508 e. The van der Waals surface area contributed by atoms with Crippen molar-refractivity contribution in [3.05, 3.63) is 89.5 Å². The first-order valence-corrected chi connectivity index (χ1v) is 11.9. The number of hydrogen-bond donors (Lipinski definition) is 4. The van der Waals surface area contributed by atoms with Crippen LogP contribution in [0.5, 0.6) is 5.75 Å². The molecule has 0 unspecified atom stereocenters. The summed E-state index contributed by atoms with van der Waals surface area (Å²) >= 11 is 0. The van der Waals surface area contributed by atoms with Crippen molar-refractivity contribution >= 4 is 33.4 Å². The minimum atomic E-state index is -3.71. The lowest BCUT2D eigenvalue weighted by molar-refractivity contribution is 0.0951. The van der Waals surface area contributed by atoms with Crippen LogP contribution >= 0.6 is 0 Å². The number of carbonyl (C=O) groups is 2. The molecule has 1 heterocycles. The number of phenols is 1.